The molecule has 22 heavy (non-hydrogen) atoms. The number of carbonyl (C=O) groups is 1. The van der Waals surface area contributed by atoms with Gasteiger partial charge in [-0.2, -0.15) is 5.26 Å². The van der Waals surface area contributed by atoms with Gasteiger partial charge in [0.2, 0.25) is 5.91 Å². The van der Waals surface area contributed by atoms with Gasteiger partial charge >= 0.3 is 0 Å². The lowest BCUT2D eigenvalue weighted by Gasteiger charge is -2.53. The van der Waals surface area contributed by atoms with Crippen molar-refractivity contribution in [1.82, 2.24) is 4.90 Å². The molecule has 1 saturated carbocycles. The number of hydrogen-bond acceptors (Lipinski definition) is 3. The summed E-state index contributed by atoms with van der Waals surface area (Å²) in [5.41, 5.74) is 1.86. The molecular formula is C18H23N3O. The van der Waals surface area contributed by atoms with Gasteiger partial charge in [0.25, 0.3) is 0 Å². The highest BCUT2D eigenvalue weighted by Gasteiger charge is 2.43. The lowest BCUT2D eigenvalue weighted by Crippen LogP contribution is -2.64. The van der Waals surface area contributed by atoms with Gasteiger partial charge in [-0.1, -0.05) is 19.3 Å². The first-order valence-electron chi connectivity index (χ1n) is 8.18. The quantitative estimate of drug-likeness (QED) is 0.800. The molecule has 1 heterocycles. The zero-order valence-corrected chi connectivity index (χ0v) is 13.2. The molecule has 0 aromatic heterocycles. The number of benzene rings is 1. The Morgan fingerprint density at radius 1 is 1.14 bits per heavy atom. The number of anilines is 1. The summed E-state index contributed by atoms with van der Waals surface area (Å²) in [6, 6.07) is 9.97. The highest BCUT2D eigenvalue weighted by molar-refractivity contribution is 5.75. The molecule has 2 aliphatic rings. The Balaban J connectivity index is 1.83. The van der Waals surface area contributed by atoms with Gasteiger partial charge in [-0.05, 0) is 37.1 Å². The summed E-state index contributed by atoms with van der Waals surface area (Å²) in [5.74, 6) is 0.210. The minimum absolute atomic E-state index is 0.0102. The summed E-state index contributed by atoms with van der Waals surface area (Å²) < 4.78 is 0. The molecule has 4 nitrogen and oxygen atoms in total. The minimum Gasteiger partial charge on any atom is -0.367 e. The Hall–Kier alpha value is -2.02. The van der Waals surface area contributed by atoms with Gasteiger partial charge in [0, 0.05) is 32.2 Å². The van der Waals surface area contributed by atoms with E-state index in [1.807, 2.05) is 24.3 Å². The number of amides is 1. The van der Waals surface area contributed by atoms with Gasteiger partial charge in [-0.25, -0.2) is 0 Å². The molecule has 3 rings (SSSR count). The van der Waals surface area contributed by atoms with E-state index in [4.69, 9.17) is 5.26 Å². The molecule has 0 bridgehead atoms. The normalized spacial score (nSPS) is 20.7. The van der Waals surface area contributed by atoms with Crippen LogP contribution in [-0.4, -0.2) is 36.0 Å². The van der Waals surface area contributed by atoms with Gasteiger partial charge < -0.3 is 9.80 Å². The molecule has 0 atom stereocenters. The summed E-state index contributed by atoms with van der Waals surface area (Å²) in [5, 5.41) is 8.93. The molecule has 1 aliphatic carbocycles. The van der Waals surface area contributed by atoms with Crippen LogP contribution in [0.4, 0.5) is 5.69 Å². The molecule has 1 aromatic rings. The van der Waals surface area contributed by atoms with Crippen molar-refractivity contribution >= 4 is 11.6 Å². The molecule has 1 amide bonds. The summed E-state index contributed by atoms with van der Waals surface area (Å²) in [6.07, 6.45) is 5.93. The van der Waals surface area contributed by atoms with Crippen LogP contribution in [0.15, 0.2) is 24.3 Å². The van der Waals surface area contributed by atoms with E-state index >= 15 is 0 Å². The fourth-order valence-electron chi connectivity index (χ4n) is 4.07. The van der Waals surface area contributed by atoms with E-state index in [0.29, 0.717) is 5.56 Å². The molecule has 0 unspecified atom stereocenters. The van der Waals surface area contributed by atoms with Gasteiger partial charge in [0.1, 0.15) is 0 Å². The van der Waals surface area contributed by atoms with Gasteiger partial charge in [0.05, 0.1) is 17.2 Å². The van der Waals surface area contributed by atoms with Crippen molar-refractivity contribution in [3.8, 4) is 6.07 Å². The monoisotopic (exact) mass is 297 g/mol. The molecular weight excluding hydrogens is 274 g/mol. The number of carbonyl (C=O) groups excluding carboxylic acids is 1. The first-order valence-corrected chi connectivity index (χ1v) is 8.18. The summed E-state index contributed by atoms with van der Waals surface area (Å²) in [7, 11) is 0. The zero-order chi connectivity index (χ0) is 15.6. The van der Waals surface area contributed by atoms with E-state index < -0.39 is 0 Å². The maximum atomic E-state index is 12.1. The lowest BCUT2D eigenvalue weighted by molar-refractivity contribution is -0.137. The van der Waals surface area contributed by atoms with Crippen molar-refractivity contribution in [1.29, 1.82) is 5.26 Å². The van der Waals surface area contributed by atoms with E-state index in [2.05, 4.69) is 15.9 Å². The standard InChI is InChI=1S/C18H23N3O/c1-15(22)21-12-11-20(14-18(21)9-3-2-4-10-18)17-7-5-16(13-19)6-8-17/h5-8H,2-4,9-12,14H2,1H3. The van der Waals surface area contributed by atoms with Crippen molar-refractivity contribution < 1.29 is 4.79 Å². The van der Waals surface area contributed by atoms with Crippen LogP contribution in [0.25, 0.3) is 0 Å². The Morgan fingerprint density at radius 3 is 2.41 bits per heavy atom. The van der Waals surface area contributed by atoms with E-state index in [1.54, 1.807) is 6.92 Å². The fraction of sp³-hybridized carbons (Fsp3) is 0.556. The lowest BCUT2D eigenvalue weighted by atomic mass is 9.78. The van der Waals surface area contributed by atoms with Crippen LogP contribution in [0, 0.1) is 11.3 Å². The van der Waals surface area contributed by atoms with Crippen LogP contribution >= 0.6 is 0 Å². The molecule has 116 valence electrons. The highest BCUT2D eigenvalue weighted by Crippen LogP contribution is 2.38. The summed E-state index contributed by atoms with van der Waals surface area (Å²) in [6.45, 7) is 4.29. The molecule has 0 N–H and O–H groups in total. The van der Waals surface area contributed by atoms with Crippen molar-refractivity contribution in [2.45, 2.75) is 44.6 Å². The number of hydrogen-bond donors (Lipinski definition) is 0. The highest BCUT2D eigenvalue weighted by atomic mass is 16.2. The number of piperazine rings is 1. The Morgan fingerprint density at radius 2 is 1.82 bits per heavy atom. The van der Waals surface area contributed by atoms with Gasteiger partial charge in [-0.15, -0.1) is 0 Å². The molecule has 1 spiro atoms. The van der Waals surface area contributed by atoms with Crippen molar-refractivity contribution in [2.75, 3.05) is 24.5 Å². The predicted molar refractivity (Wildman–Crippen MR) is 86.6 cm³/mol. The van der Waals surface area contributed by atoms with Crippen LogP contribution < -0.4 is 4.90 Å². The van der Waals surface area contributed by atoms with Crippen LogP contribution in [0.5, 0.6) is 0 Å². The first kappa shape index (κ1) is 14.9. The average Bonchev–Trinajstić information content (AvgIpc) is 2.55. The van der Waals surface area contributed by atoms with Crippen LogP contribution in [0.2, 0.25) is 0 Å². The Bertz CT molecular complexity index is 581. The molecule has 4 heteroatoms. The average molecular weight is 297 g/mol. The third kappa shape index (κ3) is 2.68. The van der Waals surface area contributed by atoms with Crippen LogP contribution in [-0.2, 0) is 4.79 Å². The van der Waals surface area contributed by atoms with Crippen molar-refractivity contribution in [3.05, 3.63) is 29.8 Å². The molecule has 1 saturated heterocycles. The topological polar surface area (TPSA) is 47.3 Å². The van der Waals surface area contributed by atoms with E-state index in [-0.39, 0.29) is 11.4 Å². The predicted octanol–water partition coefficient (Wildman–Crippen LogP) is 2.93. The molecule has 1 aromatic carbocycles. The van der Waals surface area contributed by atoms with Crippen LogP contribution in [0.1, 0.15) is 44.6 Å². The smallest absolute Gasteiger partial charge is 0.220 e. The second-order valence-electron chi connectivity index (χ2n) is 6.54. The number of nitrogens with zero attached hydrogens (tertiary/aromatic N) is 3. The second-order valence-corrected chi connectivity index (χ2v) is 6.54. The molecule has 1 aliphatic heterocycles. The SMILES string of the molecule is CC(=O)N1CCN(c2ccc(C#N)cc2)CC12CCCCC2. The number of rotatable bonds is 1. The summed E-state index contributed by atoms with van der Waals surface area (Å²) >= 11 is 0. The van der Waals surface area contributed by atoms with Gasteiger partial charge in [-0.3, -0.25) is 4.79 Å². The first-order chi connectivity index (χ1) is 10.6. The maximum absolute atomic E-state index is 12.1. The third-order valence-corrected chi connectivity index (χ3v) is 5.18. The fourth-order valence-corrected chi connectivity index (χ4v) is 4.07. The third-order valence-electron chi connectivity index (χ3n) is 5.18. The minimum atomic E-state index is 0.0102. The number of nitriles is 1. The molecule has 0 radical (unpaired) electrons. The Labute approximate surface area is 132 Å². The van der Waals surface area contributed by atoms with Crippen LogP contribution in [0.3, 0.4) is 0 Å². The van der Waals surface area contributed by atoms with Crippen molar-refractivity contribution in [2.24, 2.45) is 0 Å². The van der Waals surface area contributed by atoms with E-state index in [9.17, 15) is 4.79 Å². The second kappa shape index (κ2) is 6.00. The molecule has 2 fully saturated rings. The zero-order valence-electron chi connectivity index (χ0n) is 13.2. The van der Waals surface area contributed by atoms with Gasteiger partial charge in [0.15, 0.2) is 0 Å². The van der Waals surface area contributed by atoms with E-state index in [1.165, 1.54) is 19.3 Å². The van der Waals surface area contributed by atoms with Crippen molar-refractivity contribution in [3.63, 3.8) is 0 Å². The van der Waals surface area contributed by atoms with E-state index in [0.717, 1.165) is 38.2 Å². The largest absolute Gasteiger partial charge is 0.367 e. The summed E-state index contributed by atoms with van der Waals surface area (Å²) in [4.78, 5) is 16.6. The maximum Gasteiger partial charge on any atom is 0.220 e. The Kier molecular flexibility index (Phi) is 4.06.